The molecule has 0 saturated heterocycles. The van der Waals surface area contributed by atoms with Crippen molar-refractivity contribution in [2.45, 2.75) is 4.90 Å². The zero-order chi connectivity index (χ0) is 8.10. The molecule has 1 atom stereocenters. The van der Waals surface area contributed by atoms with E-state index in [9.17, 15) is 9.66 Å². The van der Waals surface area contributed by atoms with Gasteiger partial charge in [0.2, 0.25) is 0 Å². The summed E-state index contributed by atoms with van der Waals surface area (Å²) in [6.07, 6.45) is 3.13. The molecule has 3 nitrogen and oxygen atoms in total. The Bertz CT molecular complexity index is 205. The first-order valence-electron chi connectivity index (χ1n) is 3.21. The highest BCUT2D eigenvalue weighted by Gasteiger charge is 2.08. The zero-order valence-electron chi connectivity index (χ0n) is 5.90. The zero-order valence-corrected chi connectivity index (χ0v) is 6.71. The molecule has 0 fully saturated rings. The molecule has 4 heteroatoms. The van der Waals surface area contributed by atoms with Crippen LogP contribution in [0.5, 0.6) is 0 Å². The highest BCUT2D eigenvalue weighted by molar-refractivity contribution is 7.91. The predicted molar refractivity (Wildman–Crippen MR) is 41.1 cm³/mol. The number of nitrogens with zero attached hydrogens (tertiary/aromatic N) is 1. The Hall–Kier alpha value is -0.580. The Morgan fingerprint density at radius 3 is 2.64 bits per heavy atom. The third-order valence-corrected chi connectivity index (χ3v) is 2.52. The van der Waals surface area contributed by atoms with Gasteiger partial charge in [0.1, 0.15) is 12.4 Å². The highest BCUT2D eigenvalue weighted by atomic mass is 32.2. The number of pyridine rings is 1. The molecule has 1 aromatic heterocycles. The lowest BCUT2D eigenvalue weighted by atomic mass is 10.5. The lowest BCUT2D eigenvalue weighted by Gasteiger charge is -2.06. The van der Waals surface area contributed by atoms with Gasteiger partial charge in [-0.25, -0.2) is 5.11 Å². The van der Waals surface area contributed by atoms with Crippen molar-refractivity contribution in [2.24, 2.45) is 0 Å². The van der Waals surface area contributed by atoms with Crippen molar-refractivity contribution >= 4 is 11.2 Å². The Morgan fingerprint density at radius 1 is 1.45 bits per heavy atom. The van der Waals surface area contributed by atoms with E-state index in [0.717, 1.165) is 0 Å². The monoisotopic (exact) mass is 170 g/mol. The number of hydrogen-bond acceptors (Lipinski definition) is 2. The van der Waals surface area contributed by atoms with E-state index < -0.39 is 11.2 Å². The molecule has 0 amide bonds. The van der Waals surface area contributed by atoms with Crippen molar-refractivity contribution in [3.8, 4) is 0 Å². The molecule has 0 aliphatic rings. The first-order valence-corrected chi connectivity index (χ1v) is 4.53. The first kappa shape index (κ1) is 8.52. The third-order valence-electron chi connectivity index (χ3n) is 1.18. The lowest BCUT2D eigenvalue weighted by molar-refractivity contribution is 0.213. The molecule has 0 saturated carbocycles. The Balaban J connectivity index is 2.61. The molecule has 1 rings (SSSR count). The fourth-order valence-electron chi connectivity index (χ4n) is 0.684. The van der Waals surface area contributed by atoms with Crippen LogP contribution in [0.4, 0.5) is 0 Å². The van der Waals surface area contributed by atoms with E-state index in [1.807, 2.05) is 0 Å². The molecule has 0 aromatic carbocycles. The maximum atomic E-state index is 11.1. The van der Waals surface area contributed by atoms with Crippen LogP contribution >= 0.6 is 0 Å². The normalized spacial score (nSPS) is 12.9. The van der Waals surface area contributed by atoms with Crippen LogP contribution in [-0.4, -0.2) is 21.9 Å². The molecule has 0 bridgehead atoms. The summed E-state index contributed by atoms with van der Waals surface area (Å²) in [5, 5.41) is 10.1. The molecule has 11 heavy (non-hydrogen) atoms. The summed E-state index contributed by atoms with van der Waals surface area (Å²) in [6, 6.07) is 3.32. The van der Waals surface area contributed by atoms with Gasteiger partial charge in [0.25, 0.3) is 0 Å². The van der Waals surface area contributed by atoms with Gasteiger partial charge in [0, 0.05) is 24.5 Å². The average molecular weight is 170 g/mol. The maximum Gasteiger partial charge on any atom is 0.155 e. The lowest BCUT2D eigenvalue weighted by Crippen LogP contribution is -2.09. The number of hydrogen-bond donors (Lipinski definition) is 0. The van der Waals surface area contributed by atoms with Crippen molar-refractivity contribution < 1.29 is 9.66 Å². The molecule has 1 aromatic rings. The van der Waals surface area contributed by atoms with Crippen molar-refractivity contribution in [1.29, 1.82) is 0 Å². The molecule has 0 N–H and O–H groups in total. The SMILES string of the molecule is [O]CC[S+]([O-])c1ccncc1. The molecular weight excluding hydrogens is 162 g/mol. The van der Waals surface area contributed by atoms with Gasteiger partial charge >= 0.3 is 0 Å². The van der Waals surface area contributed by atoms with Crippen LogP contribution in [0, 0.1) is 0 Å². The predicted octanol–water partition coefficient (Wildman–Crippen LogP) is 0.620. The van der Waals surface area contributed by atoms with Crippen molar-refractivity contribution in [3.05, 3.63) is 24.5 Å². The summed E-state index contributed by atoms with van der Waals surface area (Å²) < 4.78 is 11.1. The van der Waals surface area contributed by atoms with Crippen LogP contribution in [0.2, 0.25) is 0 Å². The van der Waals surface area contributed by atoms with Gasteiger partial charge in [-0.05, 0) is 11.2 Å². The Morgan fingerprint density at radius 2 is 2.09 bits per heavy atom. The molecule has 1 radical (unpaired) electrons. The topological polar surface area (TPSA) is 55.8 Å². The fraction of sp³-hybridized carbons (Fsp3) is 0.286. The molecule has 0 aliphatic heterocycles. The summed E-state index contributed by atoms with van der Waals surface area (Å²) in [5.41, 5.74) is 0. The quantitative estimate of drug-likeness (QED) is 0.624. The van der Waals surface area contributed by atoms with Gasteiger partial charge in [-0.3, -0.25) is 4.98 Å². The Kier molecular flexibility index (Phi) is 3.35. The second-order valence-electron chi connectivity index (χ2n) is 1.94. The largest absolute Gasteiger partial charge is 0.611 e. The molecule has 1 unspecified atom stereocenters. The molecule has 0 spiro atoms. The van der Waals surface area contributed by atoms with Crippen LogP contribution in [0.15, 0.2) is 29.4 Å². The van der Waals surface area contributed by atoms with Crippen LogP contribution < -0.4 is 0 Å². The van der Waals surface area contributed by atoms with Gasteiger partial charge < -0.3 is 4.55 Å². The minimum atomic E-state index is -1.14. The van der Waals surface area contributed by atoms with E-state index in [1.54, 1.807) is 24.5 Å². The van der Waals surface area contributed by atoms with Crippen molar-refractivity contribution in [1.82, 2.24) is 4.98 Å². The molecule has 59 valence electrons. The minimum absolute atomic E-state index is 0.185. The second kappa shape index (κ2) is 4.33. The molecular formula is C7H8NO2S. The number of rotatable bonds is 3. The van der Waals surface area contributed by atoms with E-state index in [4.69, 9.17) is 0 Å². The molecule has 1 heterocycles. The Labute approximate surface area is 68.3 Å². The van der Waals surface area contributed by atoms with Crippen molar-refractivity contribution in [3.63, 3.8) is 0 Å². The smallest absolute Gasteiger partial charge is 0.155 e. The van der Waals surface area contributed by atoms with E-state index in [1.165, 1.54) is 0 Å². The second-order valence-corrected chi connectivity index (χ2v) is 3.51. The summed E-state index contributed by atoms with van der Waals surface area (Å²) in [6.45, 7) is -0.297. The summed E-state index contributed by atoms with van der Waals surface area (Å²) in [7, 11) is 0. The van der Waals surface area contributed by atoms with E-state index in [2.05, 4.69) is 4.98 Å². The maximum absolute atomic E-state index is 11.1. The van der Waals surface area contributed by atoms with Crippen LogP contribution in [0.1, 0.15) is 0 Å². The van der Waals surface area contributed by atoms with Crippen molar-refractivity contribution in [2.75, 3.05) is 12.4 Å². The first-order chi connectivity index (χ1) is 5.34. The van der Waals surface area contributed by atoms with E-state index in [-0.39, 0.29) is 12.4 Å². The van der Waals surface area contributed by atoms with Crippen LogP contribution in [-0.2, 0) is 16.3 Å². The standard InChI is InChI=1S/C7H8NO2S/c9-5-6-11(10)7-1-3-8-4-2-7/h1-4H,5-6H2. The van der Waals surface area contributed by atoms with Gasteiger partial charge in [0.05, 0.1) is 0 Å². The molecule has 0 aliphatic carbocycles. The van der Waals surface area contributed by atoms with E-state index in [0.29, 0.717) is 4.90 Å². The van der Waals surface area contributed by atoms with Gasteiger partial charge in [-0.15, -0.1) is 0 Å². The number of aromatic nitrogens is 1. The summed E-state index contributed by atoms with van der Waals surface area (Å²) >= 11 is -1.14. The van der Waals surface area contributed by atoms with Crippen LogP contribution in [0.3, 0.4) is 0 Å². The average Bonchev–Trinajstić information content (AvgIpc) is 2.07. The summed E-state index contributed by atoms with van der Waals surface area (Å²) in [4.78, 5) is 4.45. The summed E-state index contributed by atoms with van der Waals surface area (Å²) in [5.74, 6) is 0.185. The van der Waals surface area contributed by atoms with Gasteiger partial charge in [-0.2, -0.15) is 0 Å². The fourth-order valence-corrected chi connectivity index (χ4v) is 1.50. The third kappa shape index (κ3) is 2.49. The van der Waals surface area contributed by atoms with Gasteiger partial charge in [0.15, 0.2) is 4.90 Å². The minimum Gasteiger partial charge on any atom is -0.611 e. The van der Waals surface area contributed by atoms with E-state index >= 15 is 0 Å². The van der Waals surface area contributed by atoms with Gasteiger partial charge in [-0.1, -0.05) is 0 Å². The highest BCUT2D eigenvalue weighted by Crippen LogP contribution is 2.07. The van der Waals surface area contributed by atoms with Crippen LogP contribution in [0.25, 0.3) is 0 Å².